The predicted molar refractivity (Wildman–Crippen MR) is 52.6 cm³/mol. The number of hydrogen-bond donors (Lipinski definition) is 1. The summed E-state index contributed by atoms with van der Waals surface area (Å²) in [7, 11) is 1.21. The van der Waals surface area contributed by atoms with Crippen LogP contribution < -0.4 is 10.5 Å². The van der Waals surface area contributed by atoms with Crippen LogP contribution in [0.3, 0.4) is 0 Å². The fourth-order valence-electron chi connectivity index (χ4n) is 1.21. The standard InChI is InChI=1S/C9H10F2N2O3/c1-16-8-3-2-6(13(14)15)4-7(8)9(10,11)5-12/h2-4H,5,12H2,1H3. The molecule has 0 aliphatic carbocycles. The van der Waals surface area contributed by atoms with Gasteiger partial charge in [0.1, 0.15) is 5.75 Å². The molecule has 0 amide bonds. The highest BCUT2D eigenvalue weighted by Gasteiger charge is 2.34. The van der Waals surface area contributed by atoms with Gasteiger partial charge >= 0.3 is 0 Å². The van der Waals surface area contributed by atoms with Crippen molar-refractivity contribution in [3.63, 3.8) is 0 Å². The summed E-state index contributed by atoms with van der Waals surface area (Å²) in [6.45, 7) is -0.940. The molecule has 0 heterocycles. The fraction of sp³-hybridized carbons (Fsp3) is 0.333. The molecule has 0 unspecified atom stereocenters. The van der Waals surface area contributed by atoms with Crippen molar-refractivity contribution in [1.82, 2.24) is 0 Å². The number of nitrogens with zero attached hydrogens (tertiary/aromatic N) is 1. The molecule has 1 aromatic carbocycles. The Morgan fingerprint density at radius 2 is 2.19 bits per heavy atom. The van der Waals surface area contributed by atoms with Gasteiger partial charge in [-0.1, -0.05) is 0 Å². The minimum Gasteiger partial charge on any atom is -0.496 e. The molecule has 0 bridgehead atoms. The first-order chi connectivity index (χ1) is 7.42. The molecule has 88 valence electrons. The maximum Gasteiger partial charge on any atom is 0.289 e. The largest absolute Gasteiger partial charge is 0.496 e. The van der Waals surface area contributed by atoms with Crippen LogP contribution in [0, 0.1) is 10.1 Å². The lowest BCUT2D eigenvalue weighted by atomic mass is 10.1. The number of nitro groups is 1. The van der Waals surface area contributed by atoms with E-state index in [0.29, 0.717) is 0 Å². The number of nitrogens with two attached hydrogens (primary N) is 1. The third-order valence-corrected chi connectivity index (χ3v) is 2.04. The highest BCUT2D eigenvalue weighted by molar-refractivity contribution is 5.46. The van der Waals surface area contributed by atoms with Gasteiger partial charge in [0.05, 0.1) is 24.1 Å². The van der Waals surface area contributed by atoms with Gasteiger partial charge in [0, 0.05) is 12.1 Å². The molecule has 0 saturated heterocycles. The van der Waals surface area contributed by atoms with Crippen LogP contribution >= 0.6 is 0 Å². The fourth-order valence-corrected chi connectivity index (χ4v) is 1.21. The molecule has 0 aromatic heterocycles. The number of hydrogen-bond acceptors (Lipinski definition) is 4. The summed E-state index contributed by atoms with van der Waals surface area (Å²) in [6.07, 6.45) is 0. The number of ether oxygens (including phenoxy) is 1. The summed E-state index contributed by atoms with van der Waals surface area (Å²) in [6, 6.07) is 2.98. The third kappa shape index (κ3) is 2.25. The first-order valence-corrected chi connectivity index (χ1v) is 4.33. The van der Waals surface area contributed by atoms with Gasteiger partial charge in [0.25, 0.3) is 11.6 Å². The number of rotatable bonds is 4. The van der Waals surface area contributed by atoms with Crippen molar-refractivity contribution in [2.24, 2.45) is 5.73 Å². The molecule has 5 nitrogen and oxygen atoms in total. The van der Waals surface area contributed by atoms with E-state index < -0.39 is 28.6 Å². The molecular weight excluding hydrogens is 222 g/mol. The van der Waals surface area contributed by atoms with Crippen LogP contribution in [-0.2, 0) is 5.92 Å². The normalized spacial score (nSPS) is 11.2. The molecule has 7 heteroatoms. The van der Waals surface area contributed by atoms with E-state index in [-0.39, 0.29) is 5.75 Å². The lowest BCUT2D eigenvalue weighted by molar-refractivity contribution is -0.385. The SMILES string of the molecule is COc1ccc([N+](=O)[O-])cc1C(F)(F)CN. The zero-order chi connectivity index (χ0) is 12.3. The first-order valence-electron chi connectivity index (χ1n) is 4.33. The summed E-state index contributed by atoms with van der Waals surface area (Å²) >= 11 is 0. The molecular formula is C9H10F2N2O3. The van der Waals surface area contributed by atoms with E-state index in [0.717, 1.165) is 18.2 Å². The van der Waals surface area contributed by atoms with Crippen LogP contribution in [0.2, 0.25) is 0 Å². The molecule has 0 aliphatic rings. The van der Waals surface area contributed by atoms with Crippen LogP contribution in [-0.4, -0.2) is 18.6 Å². The predicted octanol–water partition coefficient (Wildman–Crippen LogP) is 1.65. The molecule has 16 heavy (non-hydrogen) atoms. The Bertz CT molecular complexity index is 410. The van der Waals surface area contributed by atoms with Gasteiger partial charge in [-0.15, -0.1) is 0 Å². The zero-order valence-corrected chi connectivity index (χ0v) is 8.44. The summed E-state index contributed by atoms with van der Waals surface area (Å²) in [5, 5.41) is 10.5. The molecule has 0 radical (unpaired) electrons. The van der Waals surface area contributed by atoms with Crippen molar-refractivity contribution < 1.29 is 18.4 Å². The van der Waals surface area contributed by atoms with Gasteiger partial charge in [-0.25, -0.2) is 0 Å². The Hall–Kier alpha value is -1.76. The van der Waals surface area contributed by atoms with Crippen molar-refractivity contribution in [2.75, 3.05) is 13.7 Å². The molecule has 0 saturated carbocycles. The van der Waals surface area contributed by atoms with E-state index in [1.165, 1.54) is 7.11 Å². The van der Waals surface area contributed by atoms with Gasteiger partial charge in [-0.3, -0.25) is 10.1 Å². The van der Waals surface area contributed by atoms with Gasteiger partial charge in [0.2, 0.25) is 0 Å². The molecule has 1 rings (SSSR count). The molecule has 0 aliphatic heterocycles. The average molecular weight is 232 g/mol. The van der Waals surface area contributed by atoms with Gasteiger partial charge in [-0.2, -0.15) is 8.78 Å². The summed E-state index contributed by atoms with van der Waals surface area (Å²) in [5.41, 5.74) is 3.91. The number of benzene rings is 1. The van der Waals surface area contributed by atoms with Crippen molar-refractivity contribution >= 4 is 5.69 Å². The van der Waals surface area contributed by atoms with E-state index in [1.807, 2.05) is 0 Å². The van der Waals surface area contributed by atoms with E-state index >= 15 is 0 Å². The Kier molecular flexibility index (Phi) is 3.38. The van der Waals surface area contributed by atoms with Crippen LogP contribution in [0.5, 0.6) is 5.75 Å². The number of halogens is 2. The van der Waals surface area contributed by atoms with E-state index in [2.05, 4.69) is 0 Å². The van der Waals surface area contributed by atoms with Crippen LogP contribution in [0.4, 0.5) is 14.5 Å². The van der Waals surface area contributed by atoms with Crippen LogP contribution in [0.1, 0.15) is 5.56 Å². The first kappa shape index (κ1) is 12.3. The Morgan fingerprint density at radius 1 is 1.56 bits per heavy atom. The molecule has 1 aromatic rings. The number of nitro benzene ring substituents is 1. The van der Waals surface area contributed by atoms with Crippen molar-refractivity contribution in [3.8, 4) is 5.75 Å². The maximum atomic E-state index is 13.3. The minimum absolute atomic E-state index is 0.124. The van der Waals surface area contributed by atoms with Crippen LogP contribution in [0.25, 0.3) is 0 Å². The second-order valence-corrected chi connectivity index (χ2v) is 3.05. The average Bonchev–Trinajstić information content (AvgIpc) is 2.28. The second kappa shape index (κ2) is 4.40. The number of methoxy groups -OCH3 is 1. The van der Waals surface area contributed by atoms with Gasteiger partial charge < -0.3 is 10.5 Å². The molecule has 0 spiro atoms. The Morgan fingerprint density at radius 3 is 2.62 bits per heavy atom. The van der Waals surface area contributed by atoms with Crippen LogP contribution in [0.15, 0.2) is 18.2 Å². The topological polar surface area (TPSA) is 78.4 Å². The second-order valence-electron chi connectivity index (χ2n) is 3.05. The monoisotopic (exact) mass is 232 g/mol. The third-order valence-electron chi connectivity index (χ3n) is 2.04. The van der Waals surface area contributed by atoms with E-state index in [4.69, 9.17) is 10.5 Å². The number of non-ortho nitro benzene ring substituents is 1. The lowest BCUT2D eigenvalue weighted by Crippen LogP contribution is -2.25. The van der Waals surface area contributed by atoms with Crippen molar-refractivity contribution in [2.45, 2.75) is 5.92 Å². The van der Waals surface area contributed by atoms with Gasteiger partial charge in [-0.05, 0) is 6.07 Å². The summed E-state index contributed by atoms with van der Waals surface area (Å²) in [4.78, 5) is 9.70. The Labute approximate surface area is 90.0 Å². The number of alkyl halides is 2. The quantitative estimate of drug-likeness (QED) is 0.632. The van der Waals surface area contributed by atoms with Crippen molar-refractivity contribution in [1.29, 1.82) is 0 Å². The molecule has 0 fully saturated rings. The highest BCUT2D eigenvalue weighted by Crippen LogP contribution is 2.36. The van der Waals surface area contributed by atoms with E-state index in [9.17, 15) is 18.9 Å². The molecule has 2 N–H and O–H groups in total. The van der Waals surface area contributed by atoms with Gasteiger partial charge in [0.15, 0.2) is 0 Å². The molecule has 0 atom stereocenters. The highest BCUT2D eigenvalue weighted by atomic mass is 19.3. The lowest BCUT2D eigenvalue weighted by Gasteiger charge is -2.16. The summed E-state index contributed by atoms with van der Waals surface area (Å²) in [5.74, 6) is -3.47. The minimum atomic E-state index is -3.35. The van der Waals surface area contributed by atoms with E-state index in [1.54, 1.807) is 0 Å². The smallest absolute Gasteiger partial charge is 0.289 e. The summed E-state index contributed by atoms with van der Waals surface area (Å²) < 4.78 is 31.4. The van der Waals surface area contributed by atoms with Crippen molar-refractivity contribution in [3.05, 3.63) is 33.9 Å². The zero-order valence-electron chi connectivity index (χ0n) is 8.44. The Balaban J connectivity index is 3.33. The maximum absolute atomic E-state index is 13.3.